The molecule has 0 saturated carbocycles. The molecule has 0 unspecified atom stereocenters. The summed E-state index contributed by atoms with van der Waals surface area (Å²) in [6.07, 6.45) is 12.9. The van der Waals surface area contributed by atoms with Crippen LogP contribution in [0.1, 0.15) is 84.5 Å². The van der Waals surface area contributed by atoms with Crippen LogP contribution in [-0.2, 0) is 14.3 Å². The van der Waals surface area contributed by atoms with Gasteiger partial charge >= 0.3 is 5.97 Å². The first kappa shape index (κ1) is 25.8. The van der Waals surface area contributed by atoms with Gasteiger partial charge in [-0.25, -0.2) is 0 Å². The standard InChI is InChI=1S/C24H40N2O4/c1-4-5-6-7-8-9-10-11-12-13-18-30-24(28)16-17-25-22-19-21(26-20(2)27)14-15-23(22)29-3/h14-15,19,25H,4-13,16-18H2,1-3H3,(H,26,27). The summed E-state index contributed by atoms with van der Waals surface area (Å²) >= 11 is 0. The first-order valence-corrected chi connectivity index (χ1v) is 11.4. The molecule has 0 aliphatic carbocycles. The number of methoxy groups -OCH3 is 1. The zero-order valence-electron chi connectivity index (χ0n) is 19.1. The van der Waals surface area contributed by atoms with Gasteiger partial charge in [0.25, 0.3) is 0 Å². The molecule has 0 bridgehead atoms. The average Bonchev–Trinajstić information content (AvgIpc) is 2.72. The predicted molar refractivity (Wildman–Crippen MR) is 123 cm³/mol. The molecule has 1 amide bonds. The minimum absolute atomic E-state index is 0.137. The van der Waals surface area contributed by atoms with Crippen molar-refractivity contribution in [2.45, 2.75) is 84.5 Å². The van der Waals surface area contributed by atoms with Crippen molar-refractivity contribution in [3.8, 4) is 5.75 Å². The summed E-state index contributed by atoms with van der Waals surface area (Å²) in [6, 6.07) is 5.33. The lowest BCUT2D eigenvalue weighted by Gasteiger charge is -2.13. The van der Waals surface area contributed by atoms with Crippen LogP contribution < -0.4 is 15.4 Å². The molecule has 0 heterocycles. The fourth-order valence-electron chi connectivity index (χ4n) is 3.27. The number of ether oxygens (including phenoxy) is 2. The van der Waals surface area contributed by atoms with E-state index in [2.05, 4.69) is 17.6 Å². The van der Waals surface area contributed by atoms with Crippen molar-refractivity contribution in [1.82, 2.24) is 0 Å². The Labute approximate surface area is 182 Å². The van der Waals surface area contributed by atoms with Crippen LogP contribution in [0.15, 0.2) is 18.2 Å². The monoisotopic (exact) mass is 420 g/mol. The van der Waals surface area contributed by atoms with E-state index in [0.29, 0.717) is 24.6 Å². The maximum atomic E-state index is 11.9. The summed E-state index contributed by atoms with van der Waals surface area (Å²) in [5, 5.41) is 5.91. The van der Waals surface area contributed by atoms with Gasteiger partial charge in [-0.1, -0.05) is 64.7 Å². The second kappa shape index (κ2) is 16.5. The highest BCUT2D eigenvalue weighted by Crippen LogP contribution is 2.27. The van der Waals surface area contributed by atoms with E-state index in [1.165, 1.54) is 58.3 Å². The van der Waals surface area contributed by atoms with Crippen LogP contribution in [0.5, 0.6) is 5.75 Å². The molecule has 0 aliphatic rings. The Morgan fingerprint density at radius 1 is 0.933 bits per heavy atom. The van der Waals surface area contributed by atoms with Crippen LogP contribution in [-0.4, -0.2) is 32.1 Å². The largest absolute Gasteiger partial charge is 0.495 e. The normalized spacial score (nSPS) is 10.5. The van der Waals surface area contributed by atoms with Gasteiger partial charge in [0.2, 0.25) is 5.91 Å². The van der Waals surface area contributed by atoms with Gasteiger partial charge in [-0.05, 0) is 24.6 Å². The van der Waals surface area contributed by atoms with E-state index in [1.54, 1.807) is 25.3 Å². The number of carbonyl (C=O) groups is 2. The Bertz CT molecular complexity index is 619. The average molecular weight is 421 g/mol. The van der Waals surface area contributed by atoms with Crippen molar-refractivity contribution in [3.05, 3.63) is 18.2 Å². The first-order valence-electron chi connectivity index (χ1n) is 11.4. The highest BCUT2D eigenvalue weighted by molar-refractivity contribution is 5.89. The summed E-state index contributed by atoms with van der Waals surface area (Å²) in [5.41, 5.74) is 1.40. The molecule has 0 aliphatic heterocycles. The van der Waals surface area contributed by atoms with Crippen LogP contribution in [0.25, 0.3) is 0 Å². The quantitative estimate of drug-likeness (QED) is 0.242. The second-order valence-electron chi connectivity index (χ2n) is 7.68. The predicted octanol–water partition coefficient (Wildman–Crippen LogP) is 5.92. The van der Waals surface area contributed by atoms with E-state index in [9.17, 15) is 9.59 Å². The molecule has 2 N–H and O–H groups in total. The molecular formula is C24H40N2O4. The van der Waals surface area contributed by atoms with E-state index in [0.717, 1.165) is 18.5 Å². The third-order valence-corrected chi connectivity index (χ3v) is 4.93. The van der Waals surface area contributed by atoms with E-state index >= 15 is 0 Å². The summed E-state index contributed by atoms with van der Waals surface area (Å²) in [4.78, 5) is 23.1. The smallest absolute Gasteiger partial charge is 0.307 e. The molecule has 0 radical (unpaired) electrons. The van der Waals surface area contributed by atoms with E-state index in [1.807, 2.05) is 0 Å². The van der Waals surface area contributed by atoms with Gasteiger partial charge in [0.1, 0.15) is 5.75 Å². The van der Waals surface area contributed by atoms with Gasteiger partial charge in [-0.2, -0.15) is 0 Å². The number of unbranched alkanes of at least 4 members (excludes halogenated alkanes) is 9. The zero-order valence-corrected chi connectivity index (χ0v) is 19.1. The van der Waals surface area contributed by atoms with Gasteiger partial charge in [-0.15, -0.1) is 0 Å². The lowest BCUT2D eigenvalue weighted by molar-refractivity contribution is -0.143. The SMILES string of the molecule is CCCCCCCCCCCCOC(=O)CCNc1cc(NC(C)=O)ccc1OC. The number of amides is 1. The van der Waals surface area contributed by atoms with Crippen LogP contribution in [0.3, 0.4) is 0 Å². The Morgan fingerprint density at radius 3 is 2.17 bits per heavy atom. The molecule has 1 aromatic rings. The van der Waals surface area contributed by atoms with Gasteiger partial charge in [0.05, 0.1) is 25.8 Å². The van der Waals surface area contributed by atoms with Crippen LogP contribution in [0, 0.1) is 0 Å². The van der Waals surface area contributed by atoms with Crippen molar-refractivity contribution in [3.63, 3.8) is 0 Å². The number of esters is 1. The summed E-state index contributed by atoms with van der Waals surface area (Å²) in [6.45, 7) is 4.64. The van der Waals surface area contributed by atoms with Crippen molar-refractivity contribution in [1.29, 1.82) is 0 Å². The highest BCUT2D eigenvalue weighted by atomic mass is 16.5. The van der Waals surface area contributed by atoms with Gasteiger partial charge in [0.15, 0.2) is 0 Å². The lowest BCUT2D eigenvalue weighted by atomic mass is 10.1. The fraction of sp³-hybridized carbons (Fsp3) is 0.667. The number of carbonyl (C=O) groups excluding carboxylic acids is 2. The Morgan fingerprint density at radius 2 is 1.57 bits per heavy atom. The molecule has 0 aromatic heterocycles. The molecule has 0 fully saturated rings. The van der Waals surface area contributed by atoms with Crippen LogP contribution in [0.2, 0.25) is 0 Å². The maximum absolute atomic E-state index is 11.9. The molecule has 1 aromatic carbocycles. The Hall–Kier alpha value is -2.24. The van der Waals surface area contributed by atoms with Gasteiger partial charge in [0, 0.05) is 19.2 Å². The third kappa shape index (κ3) is 12.3. The molecule has 30 heavy (non-hydrogen) atoms. The molecule has 1 rings (SSSR count). The number of hydrogen-bond donors (Lipinski definition) is 2. The van der Waals surface area contributed by atoms with Crippen LogP contribution in [0.4, 0.5) is 11.4 Å². The fourth-order valence-corrected chi connectivity index (χ4v) is 3.27. The number of anilines is 2. The second-order valence-corrected chi connectivity index (χ2v) is 7.68. The third-order valence-electron chi connectivity index (χ3n) is 4.93. The minimum atomic E-state index is -0.199. The number of rotatable bonds is 17. The molecule has 0 saturated heterocycles. The van der Waals surface area contributed by atoms with Crippen molar-refractivity contribution >= 4 is 23.3 Å². The topological polar surface area (TPSA) is 76.7 Å². The van der Waals surface area contributed by atoms with Crippen molar-refractivity contribution in [2.24, 2.45) is 0 Å². The molecule has 6 heteroatoms. The summed E-state index contributed by atoms with van der Waals surface area (Å²) in [7, 11) is 1.58. The van der Waals surface area contributed by atoms with Crippen molar-refractivity contribution in [2.75, 3.05) is 30.9 Å². The van der Waals surface area contributed by atoms with Crippen LogP contribution >= 0.6 is 0 Å². The van der Waals surface area contributed by atoms with E-state index in [-0.39, 0.29) is 18.3 Å². The summed E-state index contributed by atoms with van der Waals surface area (Å²) in [5.74, 6) is 0.319. The summed E-state index contributed by atoms with van der Waals surface area (Å²) < 4.78 is 10.6. The number of benzene rings is 1. The minimum Gasteiger partial charge on any atom is -0.495 e. The molecule has 0 spiro atoms. The Kier molecular flexibility index (Phi) is 14.2. The number of hydrogen-bond acceptors (Lipinski definition) is 5. The lowest BCUT2D eigenvalue weighted by Crippen LogP contribution is -2.13. The van der Waals surface area contributed by atoms with E-state index < -0.39 is 0 Å². The zero-order chi connectivity index (χ0) is 22.0. The van der Waals surface area contributed by atoms with Gasteiger partial charge in [-0.3, -0.25) is 9.59 Å². The maximum Gasteiger partial charge on any atom is 0.307 e. The molecule has 0 atom stereocenters. The van der Waals surface area contributed by atoms with E-state index in [4.69, 9.17) is 9.47 Å². The van der Waals surface area contributed by atoms with Crippen molar-refractivity contribution < 1.29 is 19.1 Å². The molecular weight excluding hydrogens is 380 g/mol. The van der Waals surface area contributed by atoms with Gasteiger partial charge < -0.3 is 20.1 Å². The number of nitrogens with one attached hydrogen (secondary N) is 2. The molecule has 170 valence electrons. The highest BCUT2D eigenvalue weighted by Gasteiger charge is 2.07. The molecule has 6 nitrogen and oxygen atoms in total. The Balaban J connectivity index is 2.11. The first-order chi connectivity index (χ1) is 14.6.